The molecule has 0 spiro atoms. The second-order valence-corrected chi connectivity index (χ2v) is 4.49. The van der Waals surface area contributed by atoms with Crippen molar-refractivity contribution in [1.82, 2.24) is 19.6 Å². The number of fused-ring (bicyclic) bond motifs is 1. The van der Waals surface area contributed by atoms with Crippen LogP contribution in [0.1, 0.15) is 6.42 Å². The van der Waals surface area contributed by atoms with E-state index in [-0.39, 0.29) is 11.2 Å². The van der Waals surface area contributed by atoms with Gasteiger partial charge in [0, 0.05) is 18.8 Å². The number of hydrogen-bond acceptors (Lipinski definition) is 6. The summed E-state index contributed by atoms with van der Waals surface area (Å²) >= 11 is 1.33. The Morgan fingerprint density at radius 2 is 2.50 bits per heavy atom. The molecular formula is C9H8N4O2S. The molecule has 0 amide bonds. The first kappa shape index (κ1) is 9.59. The highest BCUT2D eigenvalue weighted by Gasteiger charge is 2.28. The largest absolute Gasteiger partial charge is 0.465 e. The Labute approximate surface area is 95.0 Å². The van der Waals surface area contributed by atoms with E-state index in [9.17, 15) is 4.79 Å². The Balaban J connectivity index is 1.86. The number of carbonyl (C=O) groups excluding carboxylic acids is 1. The molecule has 1 aliphatic heterocycles. The zero-order valence-corrected chi connectivity index (χ0v) is 9.05. The van der Waals surface area contributed by atoms with Crippen LogP contribution in [-0.2, 0) is 9.53 Å². The van der Waals surface area contributed by atoms with Gasteiger partial charge in [0.15, 0.2) is 0 Å². The van der Waals surface area contributed by atoms with Crippen LogP contribution in [0.2, 0.25) is 0 Å². The van der Waals surface area contributed by atoms with Crippen molar-refractivity contribution in [3.63, 3.8) is 0 Å². The summed E-state index contributed by atoms with van der Waals surface area (Å²) in [6.07, 6.45) is 4.14. The highest BCUT2D eigenvalue weighted by atomic mass is 32.2. The molecule has 82 valence electrons. The van der Waals surface area contributed by atoms with E-state index < -0.39 is 0 Å². The third-order valence-corrected chi connectivity index (χ3v) is 3.33. The van der Waals surface area contributed by atoms with Gasteiger partial charge in [0.25, 0.3) is 5.78 Å². The molecule has 0 saturated carbocycles. The quantitative estimate of drug-likeness (QED) is 0.708. The van der Waals surface area contributed by atoms with Crippen molar-refractivity contribution < 1.29 is 9.53 Å². The van der Waals surface area contributed by atoms with Gasteiger partial charge < -0.3 is 4.74 Å². The minimum atomic E-state index is -0.184. The Morgan fingerprint density at radius 1 is 1.56 bits per heavy atom. The molecular weight excluding hydrogens is 228 g/mol. The van der Waals surface area contributed by atoms with Crippen LogP contribution >= 0.6 is 11.8 Å². The van der Waals surface area contributed by atoms with Gasteiger partial charge in [-0.2, -0.15) is 4.98 Å². The number of rotatable bonds is 2. The number of thioether (sulfide) groups is 1. The van der Waals surface area contributed by atoms with E-state index in [2.05, 4.69) is 15.1 Å². The van der Waals surface area contributed by atoms with Crippen LogP contribution in [0.3, 0.4) is 0 Å². The van der Waals surface area contributed by atoms with Crippen LogP contribution in [-0.4, -0.2) is 37.4 Å². The molecule has 6 nitrogen and oxygen atoms in total. The number of cyclic esters (lactones) is 1. The maximum absolute atomic E-state index is 11.3. The van der Waals surface area contributed by atoms with Gasteiger partial charge in [0.05, 0.1) is 6.61 Å². The first-order valence-electron chi connectivity index (χ1n) is 4.83. The van der Waals surface area contributed by atoms with Crippen LogP contribution in [0.15, 0.2) is 23.6 Å². The molecule has 0 radical (unpaired) electrons. The fraction of sp³-hybridized carbons (Fsp3) is 0.333. The average Bonchev–Trinajstić information content (AvgIpc) is 2.85. The van der Waals surface area contributed by atoms with Crippen molar-refractivity contribution in [3.8, 4) is 0 Å². The summed E-state index contributed by atoms with van der Waals surface area (Å²) in [6.45, 7) is 0.488. The summed E-state index contributed by atoms with van der Waals surface area (Å²) in [7, 11) is 0. The van der Waals surface area contributed by atoms with E-state index >= 15 is 0 Å². The number of nitrogens with zero attached hydrogens (tertiary/aromatic N) is 4. The maximum Gasteiger partial charge on any atom is 0.319 e. The number of ether oxygens (including phenoxy) is 1. The van der Waals surface area contributed by atoms with Gasteiger partial charge in [-0.05, 0) is 6.07 Å². The third-order valence-electron chi connectivity index (χ3n) is 2.23. The monoisotopic (exact) mass is 236 g/mol. The van der Waals surface area contributed by atoms with Gasteiger partial charge in [0.1, 0.15) is 5.25 Å². The zero-order valence-electron chi connectivity index (χ0n) is 8.24. The molecule has 2 aromatic rings. The highest BCUT2D eigenvalue weighted by molar-refractivity contribution is 8.00. The van der Waals surface area contributed by atoms with Crippen LogP contribution in [0.25, 0.3) is 5.78 Å². The molecule has 0 N–H and O–H groups in total. The zero-order chi connectivity index (χ0) is 11.0. The molecule has 1 aliphatic rings. The molecule has 0 aliphatic carbocycles. The lowest BCUT2D eigenvalue weighted by molar-refractivity contribution is -0.137. The van der Waals surface area contributed by atoms with Crippen molar-refractivity contribution in [2.45, 2.75) is 16.8 Å². The first-order chi connectivity index (χ1) is 7.83. The summed E-state index contributed by atoms with van der Waals surface area (Å²) in [5.41, 5.74) is 0. The van der Waals surface area contributed by atoms with Gasteiger partial charge in [0.2, 0.25) is 5.16 Å². The second-order valence-electron chi connectivity index (χ2n) is 3.32. The van der Waals surface area contributed by atoms with Gasteiger partial charge in [-0.15, -0.1) is 5.10 Å². The predicted octanol–water partition coefficient (Wildman–Crippen LogP) is 0.532. The van der Waals surface area contributed by atoms with Crippen molar-refractivity contribution >= 4 is 23.5 Å². The lowest BCUT2D eigenvalue weighted by Gasteiger charge is -1.98. The number of hydrogen-bond donors (Lipinski definition) is 0. The summed E-state index contributed by atoms with van der Waals surface area (Å²) in [5.74, 6) is 0.355. The Bertz CT molecular complexity index is 508. The molecule has 3 rings (SSSR count). The van der Waals surface area contributed by atoms with E-state index in [0.717, 1.165) is 0 Å². The molecule has 2 aromatic heterocycles. The molecule has 1 atom stereocenters. The normalized spacial score (nSPS) is 20.2. The molecule has 0 bridgehead atoms. The van der Waals surface area contributed by atoms with Crippen LogP contribution in [0, 0.1) is 0 Å². The standard InChI is InChI=1S/C9H8N4O2S/c14-7-6(2-5-15-7)16-9-11-8-10-3-1-4-13(8)12-9/h1,3-4,6H,2,5H2. The molecule has 0 aromatic carbocycles. The van der Waals surface area contributed by atoms with Crippen molar-refractivity contribution in [3.05, 3.63) is 18.5 Å². The fourth-order valence-electron chi connectivity index (χ4n) is 1.48. The summed E-state index contributed by atoms with van der Waals surface area (Å²) in [5, 5.41) is 4.58. The van der Waals surface area contributed by atoms with Crippen molar-refractivity contribution in [2.75, 3.05) is 6.61 Å². The molecule has 1 fully saturated rings. The highest BCUT2D eigenvalue weighted by Crippen LogP contribution is 2.26. The van der Waals surface area contributed by atoms with Crippen LogP contribution in [0.4, 0.5) is 0 Å². The second kappa shape index (κ2) is 3.75. The first-order valence-corrected chi connectivity index (χ1v) is 5.71. The van der Waals surface area contributed by atoms with Crippen molar-refractivity contribution in [2.24, 2.45) is 0 Å². The third kappa shape index (κ3) is 1.63. The van der Waals surface area contributed by atoms with E-state index in [4.69, 9.17) is 4.74 Å². The van der Waals surface area contributed by atoms with E-state index in [1.807, 2.05) is 0 Å². The smallest absolute Gasteiger partial charge is 0.319 e. The van der Waals surface area contributed by atoms with Gasteiger partial charge >= 0.3 is 5.97 Å². The summed E-state index contributed by atoms with van der Waals surface area (Å²) in [4.78, 5) is 19.5. The van der Waals surface area contributed by atoms with Gasteiger partial charge in [-0.3, -0.25) is 4.79 Å². The average molecular weight is 236 g/mol. The topological polar surface area (TPSA) is 69.4 Å². The Morgan fingerprint density at radius 3 is 3.25 bits per heavy atom. The van der Waals surface area contributed by atoms with Gasteiger partial charge in [-0.1, -0.05) is 11.8 Å². The molecule has 1 unspecified atom stereocenters. The fourth-order valence-corrected chi connectivity index (χ4v) is 2.38. The minimum Gasteiger partial charge on any atom is -0.465 e. The van der Waals surface area contributed by atoms with Crippen LogP contribution in [0.5, 0.6) is 0 Å². The van der Waals surface area contributed by atoms with Gasteiger partial charge in [-0.25, -0.2) is 9.50 Å². The van der Waals surface area contributed by atoms with Crippen molar-refractivity contribution in [1.29, 1.82) is 0 Å². The van der Waals surface area contributed by atoms with E-state index in [1.165, 1.54) is 11.8 Å². The predicted molar refractivity (Wildman–Crippen MR) is 56.0 cm³/mol. The Hall–Kier alpha value is -1.63. The van der Waals surface area contributed by atoms with E-state index in [1.54, 1.807) is 23.0 Å². The summed E-state index contributed by atoms with van der Waals surface area (Å²) < 4.78 is 6.46. The SMILES string of the molecule is O=C1OCCC1Sc1nc2ncccn2n1. The van der Waals surface area contributed by atoms with Crippen LogP contribution < -0.4 is 0 Å². The number of aromatic nitrogens is 4. The molecule has 3 heterocycles. The lowest BCUT2D eigenvalue weighted by Crippen LogP contribution is -2.09. The molecule has 7 heteroatoms. The van der Waals surface area contributed by atoms with E-state index in [0.29, 0.717) is 24.0 Å². The molecule has 16 heavy (non-hydrogen) atoms. The lowest BCUT2D eigenvalue weighted by atomic mass is 10.4. The number of esters is 1. The minimum absolute atomic E-state index is 0.183. The Kier molecular flexibility index (Phi) is 2.24. The molecule has 1 saturated heterocycles. The number of carbonyl (C=O) groups is 1. The summed E-state index contributed by atoms with van der Waals surface area (Å²) in [6, 6.07) is 1.78. The maximum atomic E-state index is 11.3.